The molecule has 12 heteroatoms. The van der Waals surface area contributed by atoms with Gasteiger partial charge < -0.3 is 34.6 Å². The highest BCUT2D eigenvalue weighted by molar-refractivity contribution is 6.00. The second-order valence-corrected chi connectivity index (χ2v) is 11.6. The number of esters is 1. The molecule has 0 aromatic heterocycles. The minimum atomic E-state index is -1.08. The maximum Gasteiger partial charge on any atom is 0.337 e. The number of carbonyl (C=O) groups excluding carboxylic acids is 3. The Labute approximate surface area is 294 Å². The summed E-state index contributed by atoms with van der Waals surface area (Å²) in [4.78, 5) is 36.0. The topological polar surface area (TPSA) is 160 Å². The molecule has 0 fully saturated rings. The highest BCUT2D eigenvalue weighted by Gasteiger charge is 2.18. The fourth-order valence-electron chi connectivity index (χ4n) is 4.93. The van der Waals surface area contributed by atoms with Crippen LogP contribution >= 0.6 is 0 Å². The normalized spacial score (nSPS) is 10.5. The van der Waals surface area contributed by atoms with Gasteiger partial charge in [0.2, 0.25) is 11.6 Å². The van der Waals surface area contributed by atoms with Crippen molar-refractivity contribution in [2.75, 3.05) is 20.3 Å². The third-order valence-electron chi connectivity index (χ3n) is 7.72. The van der Waals surface area contributed by atoms with E-state index < -0.39 is 35.8 Å². The van der Waals surface area contributed by atoms with Gasteiger partial charge in [-0.1, -0.05) is 39.5 Å². The average Bonchev–Trinajstić information content (AvgIpc) is 3.11. The number of aromatic hydroxyl groups is 4. The molecule has 0 unspecified atom stereocenters. The number of methoxy groups -OCH3 is 1. The third kappa shape index (κ3) is 11.7. The van der Waals surface area contributed by atoms with E-state index in [1.165, 1.54) is 43.5 Å². The van der Waals surface area contributed by atoms with Gasteiger partial charge in [0, 0.05) is 18.2 Å². The quantitative estimate of drug-likeness (QED) is 0.0513. The SMILES string of the molecule is CCCCCCc1cc(C(=O)COc2ccc(C(=O)OC)cc2)c(O)cc1O.CCCc1cc(C(=O)COc2ccc(F)c(F)c2)c(O)cc1O. The fourth-order valence-corrected chi connectivity index (χ4v) is 4.93. The molecule has 0 aliphatic heterocycles. The Morgan fingerprint density at radius 1 is 0.588 bits per heavy atom. The summed E-state index contributed by atoms with van der Waals surface area (Å²) in [5, 5.41) is 39.5. The van der Waals surface area contributed by atoms with Crippen LogP contribution in [0.4, 0.5) is 8.78 Å². The minimum Gasteiger partial charge on any atom is -0.508 e. The molecule has 4 aromatic carbocycles. The first-order chi connectivity index (χ1) is 24.4. The van der Waals surface area contributed by atoms with Crippen LogP contribution in [0, 0.1) is 11.6 Å². The summed E-state index contributed by atoms with van der Waals surface area (Å²) in [5.74, 6) is -3.78. The number of hydrogen-bond acceptors (Lipinski definition) is 10. The summed E-state index contributed by atoms with van der Waals surface area (Å²) in [6.45, 7) is 3.32. The van der Waals surface area contributed by atoms with Crippen molar-refractivity contribution in [2.24, 2.45) is 0 Å². The zero-order valence-corrected chi connectivity index (χ0v) is 28.7. The Kier molecular flexibility index (Phi) is 15.2. The van der Waals surface area contributed by atoms with Crippen LogP contribution in [0.1, 0.15) is 88.2 Å². The second-order valence-electron chi connectivity index (χ2n) is 11.6. The van der Waals surface area contributed by atoms with Gasteiger partial charge in [0.25, 0.3) is 0 Å². The van der Waals surface area contributed by atoms with Crippen LogP contribution in [0.2, 0.25) is 0 Å². The molecule has 0 amide bonds. The van der Waals surface area contributed by atoms with Crippen molar-refractivity contribution < 1.29 is 57.8 Å². The lowest BCUT2D eigenvalue weighted by atomic mass is 10.0. The molecule has 272 valence electrons. The fraction of sp³-hybridized carbons (Fsp3) is 0.308. The van der Waals surface area contributed by atoms with Crippen molar-refractivity contribution in [3.8, 4) is 34.5 Å². The lowest BCUT2D eigenvalue weighted by Crippen LogP contribution is -2.12. The Balaban J connectivity index is 0.000000281. The predicted octanol–water partition coefficient (Wildman–Crippen LogP) is 7.86. The highest BCUT2D eigenvalue weighted by Crippen LogP contribution is 2.30. The van der Waals surface area contributed by atoms with Crippen molar-refractivity contribution in [1.29, 1.82) is 0 Å². The summed E-state index contributed by atoms with van der Waals surface area (Å²) >= 11 is 0. The molecule has 0 aliphatic carbocycles. The number of rotatable bonds is 16. The number of ketones is 2. The standard InChI is InChI=1S/C22H26O6.C17H16F2O4/c1-3-4-5-6-7-16-12-18(20(24)13-19(16)23)21(25)14-28-17-10-8-15(9-11-17)22(26)27-2;1-2-3-10-6-12(16(21)8-15(10)20)17(22)9-23-11-4-5-13(18)14(19)7-11/h8-13,23-24H,3-7,14H2,1-2H3;4-8,20-21H,2-3,9H2,1H3. The van der Waals surface area contributed by atoms with Crippen molar-refractivity contribution in [3.63, 3.8) is 0 Å². The van der Waals surface area contributed by atoms with E-state index in [-0.39, 0.29) is 46.5 Å². The monoisotopic (exact) mass is 708 g/mol. The summed E-state index contributed by atoms with van der Waals surface area (Å²) in [6.07, 6.45) is 6.14. The van der Waals surface area contributed by atoms with Gasteiger partial charge in [0.1, 0.15) is 34.5 Å². The van der Waals surface area contributed by atoms with Crippen molar-refractivity contribution in [2.45, 2.75) is 58.8 Å². The van der Waals surface area contributed by atoms with Crippen LogP contribution in [0.3, 0.4) is 0 Å². The molecule has 10 nitrogen and oxygen atoms in total. The van der Waals surface area contributed by atoms with Crippen molar-refractivity contribution in [3.05, 3.63) is 106 Å². The maximum atomic E-state index is 13.1. The van der Waals surface area contributed by atoms with Gasteiger partial charge in [-0.25, -0.2) is 13.6 Å². The Morgan fingerprint density at radius 3 is 1.63 bits per heavy atom. The van der Waals surface area contributed by atoms with E-state index in [1.54, 1.807) is 12.1 Å². The van der Waals surface area contributed by atoms with E-state index in [2.05, 4.69) is 11.7 Å². The van der Waals surface area contributed by atoms with Crippen molar-refractivity contribution in [1.82, 2.24) is 0 Å². The number of aryl methyl sites for hydroxylation is 2. The van der Waals surface area contributed by atoms with Crippen LogP contribution in [0.5, 0.6) is 34.5 Å². The molecule has 0 saturated heterocycles. The molecule has 51 heavy (non-hydrogen) atoms. The van der Waals surface area contributed by atoms with Gasteiger partial charge in [0.05, 0.1) is 23.8 Å². The second kappa shape index (κ2) is 19.5. The molecule has 0 saturated carbocycles. The van der Waals surface area contributed by atoms with Gasteiger partial charge in [0.15, 0.2) is 24.8 Å². The third-order valence-corrected chi connectivity index (χ3v) is 7.72. The number of phenolic OH excluding ortho intramolecular Hbond substituents is 4. The average molecular weight is 709 g/mol. The number of phenols is 4. The predicted molar refractivity (Wildman–Crippen MR) is 185 cm³/mol. The Morgan fingerprint density at radius 2 is 1.12 bits per heavy atom. The smallest absolute Gasteiger partial charge is 0.337 e. The summed E-state index contributed by atoms with van der Waals surface area (Å²) in [7, 11) is 1.30. The molecule has 4 rings (SSSR count). The van der Waals surface area contributed by atoms with Crippen LogP contribution in [-0.2, 0) is 17.6 Å². The van der Waals surface area contributed by atoms with Gasteiger partial charge >= 0.3 is 5.97 Å². The number of Topliss-reactive ketones (excluding diaryl/α,β-unsaturated/α-hetero) is 2. The van der Waals surface area contributed by atoms with Gasteiger partial charge in [-0.15, -0.1) is 0 Å². The number of halogens is 2. The minimum absolute atomic E-state index is 0.00398. The van der Waals surface area contributed by atoms with E-state index in [9.17, 15) is 43.6 Å². The number of unbranched alkanes of at least 4 members (excludes halogenated alkanes) is 3. The molecule has 0 heterocycles. The maximum absolute atomic E-state index is 13.1. The van der Waals surface area contributed by atoms with E-state index in [1.807, 2.05) is 6.92 Å². The zero-order chi connectivity index (χ0) is 37.5. The van der Waals surface area contributed by atoms with Crippen LogP contribution in [0.15, 0.2) is 66.7 Å². The number of benzene rings is 4. The number of hydrogen-bond donors (Lipinski definition) is 4. The molecular formula is C39H42F2O10. The lowest BCUT2D eigenvalue weighted by molar-refractivity contribution is 0.0600. The zero-order valence-electron chi connectivity index (χ0n) is 28.7. The van der Waals surface area contributed by atoms with Gasteiger partial charge in [-0.2, -0.15) is 0 Å². The van der Waals surface area contributed by atoms with Crippen molar-refractivity contribution >= 4 is 17.5 Å². The Hall–Kier alpha value is -5.65. The van der Waals surface area contributed by atoms with E-state index in [0.29, 0.717) is 35.3 Å². The molecule has 4 aromatic rings. The largest absolute Gasteiger partial charge is 0.508 e. The molecular weight excluding hydrogens is 666 g/mol. The van der Waals surface area contributed by atoms with Gasteiger partial charge in [-0.3, -0.25) is 9.59 Å². The molecule has 0 spiro atoms. The first kappa shape index (κ1) is 39.8. The number of ether oxygens (including phenoxy) is 3. The highest BCUT2D eigenvalue weighted by atomic mass is 19.2. The lowest BCUT2D eigenvalue weighted by Gasteiger charge is -2.11. The first-order valence-corrected chi connectivity index (χ1v) is 16.4. The van der Waals surface area contributed by atoms with Gasteiger partial charge in [-0.05, 0) is 78.9 Å². The van der Waals surface area contributed by atoms with E-state index >= 15 is 0 Å². The van der Waals surface area contributed by atoms with Crippen LogP contribution < -0.4 is 9.47 Å². The molecule has 0 bridgehead atoms. The molecule has 0 radical (unpaired) electrons. The Bertz CT molecular complexity index is 1810. The first-order valence-electron chi connectivity index (χ1n) is 16.4. The summed E-state index contributed by atoms with van der Waals surface area (Å²) in [5.41, 5.74) is 1.69. The number of carbonyl (C=O) groups is 3. The summed E-state index contributed by atoms with van der Waals surface area (Å²) in [6, 6.07) is 14.4. The molecule has 0 aliphatic rings. The van der Waals surface area contributed by atoms with E-state index in [4.69, 9.17) is 9.47 Å². The molecule has 0 atom stereocenters. The summed E-state index contributed by atoms with van der Waals surface area (Å²) < 4.78 is 41.1. The molecule has 4 N–H and O–H groups in total. The van der Waals surface area contributed by atoms with Crippen LogP contribution in [-0.4, -0.2) is 58.3 Å². The van der Waals surface area contributed by atoms with E-state index in [0.717, 1.165) is 50.3 Å². The van der Waals surface area contributed by atoms with Crippen LogP contribution in [0.25, 0.3) is 0 Å².